The third kappa shape index (κ3) is 5.06. The number of rotatable bonds is 8. The van der Waals surface area contributed by atoms with Gasteiger partial charge in [0.25, 0.3) is 0 Å². The molecule has 4 aromatic rings. The van der Waals surface area contributed by atoms with E-state index < -0.39 is 5.41 Å². The topological polar surface area (TPSA) is 65.4 Å². The third-order valence-corrected chi connectivity index (χ3v) is 7.82. The SMILES string of the molecule is CC(=O)OCC1=CNCN1C(c1ccc(C#N)c(Br)c1)C(c1ccccc1)(c1ccccc1)c1ccccc1. The van der Waals surface area contributed by atoms with Gasteiger partial charge < -0.3 is 15.0 Å². The van der Waals surface area contributed by atoms with Crippen molar-refractivity contribution in [2.75, 3.05) is 13.3 Å². The molecular weight excluding hydrogens is 550 g/mol. The van der Waals surface area contributed by atoms with Crippen LogP contribution in [0.2, 0.25) is 0 Å². The zero-order chi connectivity index (χ0) is 27.2. The lowest BCUT2D eigenvalue weighted by molar-refractivity contribution is -0.140. The number of ether oxygens (including phenoxy) is 1. The summed E-state index contributed by atoms with van der Waals surface area (Å²) in [6.07, 6.45) is 1.92. The molecule has 6 heteroatoms. The monoisotopic (exact) mass is 577 g/mol. The van der Waals surface area contributed by atoms with Crippen LogP contribution in [0.5, 0.6) is 0 Å². The lowest BCUT2D eigenvalue weighted by atomic mass is 9.62. The zero-order valence-corrected chi connectivity index (χ0v) is 23.1. The molecule has 5 rings (SSSR count). The maximum Gasteiger partial charge on any atom is 0.303 e. The van der Waals surface area contributed by atoms with E-state index in [1.165, 1.54) is 6.92 Å². The first-order valence-corrected chi connectivity index (χ1v) is 13.5. The second-order valence-electron chi connectivity index (χ2n) is 9.41. The lowest BCUT2D eigenvalue weighted by Crippen LogP contribution is -2.46. The Morgan fingerprint density at radius 2 is 1.49 bits per heavy atom. The van der Waals surface area contributed by atoms with Gasteiger partial charge in [-0.2, -0.15) is 5.26 Å². The summed E-state index contributed by atoms with van der Waals surface area (Å²) in [6.45, 7) is 2.09. The summed E-state index contributed by atoms with van der Waals surface area (Å²) in [7, 11) is 0. The Labute approximate surface area is 237 Å². The summed E-state index contributed by atoms with van der Waals surface area (Å²) in [6, 6.07) is 39.4. The highest BCUT2D eigenvalue weighted by molar-refractivity contribution is 9.10. The van der Waals surface area contributed by atoms with Gasteiger partial charge in [0.15, 0.2) is 0 Å². The van der Waals surface area contributed by atoms with Crippen molar-refractivity contribution in [1.82, 2.24) is 10.2 Å². The van der Waals surface area contributed by atoms with Gasteiger partial charge in [0, 0.05) is 17.6 Å². The number of benzene rings is 4. The van der Waals surface area contributed by atoms with Gasteiger partial charge in [-0.05, 0) is 50.3 Å². The molecule has 1 atom stereocenters. The molecule has 39 heavy (non-hydrogen) atoms. The minimum Gasteiger partial charge on any atom is -0.459 e. The fraction of sp³-hybridized carbons (Fsp3) is 0.152. The molecular formula is C33H28BrN3O2. The highest BCUT2D eigenvalue weighted by Gasteiger charge is 2.48. The lowest BCUT2D eigenvalue weighted by Gasteiger charge is -2.48. The molecule has 194 valence electrons. The molecule has 1 N–H and O–H groups in total. The highest BCUT2D eigenvalue weighted by atomic mass is 79.9. The van der Waals surface area contributed by atoms with Crippen LogP contribution in [-0.4, -0.2) is 24.1 Å². The Morgan fingerprint density at radius 1 is 0.949 bits per heavy atom. The summed E-state index contributed by atoms with van der Waals surface area (Å²) in [5.41, 5.74) is 5.11. The minimum atomic E-state index is -0.682. The second-order valence-corrected chi connectivity index (χ2v) is 10.3. The summed E-state index contributed by atoms with van der Waals surface area (Å²) in [5, 5.41) is 13.0. The fourth-order valence-corrected chi connectivity index (χ4v) is 6.02. The van der Waals surface area contributed by atoms with E-state index in [1.807, 2.05) is 42.6 Å². The van der Waals surface area contributed by atoms with E-state index in [1.54, 1.807) is 0 Å². The summed E-state index contributed by atoms with van der Waals surface area (Å²) < 4.78 is 6.22. The molecule has 1 unspecified atom stereocenters. The van der Waals surface area contributed by atoms with Crippen LogP contribution < -0.4 is 5.32 Å². The molecule has 1 aliphatic heterocycles. The van der Waals surface area contributed by atoms with Gasteiger partial charge in [0.1, 0.15) is 12.7 Å². The Bertz CT molecular complexity index is 1420. The molecule has 0 fully saturated rings. The van der Waals surface area contributed by atoms with Crippen molar-refractivity contribution in [3.8, 4) is 6.07 Å². The molecule has 0 spiro atoms. The van der Waals surface area contributed by atoms with Crippen LogP contribution in [-0.2, 0) is 14.9 Å². The number of hydrogen-bond donors (Lipinski definition) is 1. The first kappa shape index (κ1) is 26.3. The Kier molecular flexibility index (Phi) is 7.81. The van der Waals surface area contributed by atoms with Crippen LogP contribution in [0.15, 0.2) is 126 Å². The second kappa shape index (κ2) is 11.6. The average Bonchev–Trinajstić information content (AvgIpc) is 3.44. The number of hydrogen-bond acceptors (Lipinski definition) is 5. The predicted molar refractivity (Wildman–Crippen MR) is 155 cm³/mol. The summed E-state index contributed by atoms with van der Waals surface area (Å²) in [4.78, 5) is 14.1. The van der Waals surface area contributed by atoms with Gasteiger partial charge in [-0.15, -0.1) is 0 Å². The molecule has 0 aromatic heterocycles. The molecule has 4 aromatic carbocycles. The molecule has 1 heterocycles. The van der Waals surface area contributed by atoms with Gasteiger partial charge in [0.2, 0.25) is 0 Å². The smallest absolute Gasteiger partial charge is 0.303 e. The quantitative estimate of drug-likeness (QED) is 0.187. The first-order chi connectivity index (χ1) is 19.1. The number of nitriles is 1. The van der Waals surface area contributed by atoms with E-state index in [4.69, 9.17) is 4.74 Å². The molecule has 5 nitrogen and oxygen atoms in total. The summed E-state index contributed by atoms with van der Waals surface area (Å²) >= 11 is 3.64. The number of carbonyl (C=O) groups excluding carboxylic acids is 1. The Hall–Kier alpha value is -4.34. The Morgan fingerprint density at radius 3 is 1.95 bits per heavy atom. The van der Waals surface area contributed by atoms with E-state index in [9.17, 15) is 10.1 Å². The van der Waals surface area contributed by atoms with Crippen molar-refractivity contribution in [2.45, 2.75) is 18.4 Å². The molecule has 0 radical (unpaired) electrons. The van der Waals surface area contributed by atoms with Gasteiger partial charge in [0.05, 0.1) is 29.4 Å². The predicted octanol–water partition coefficient (Wildman–Crippen LogP) is 6.66. The van der Waals surface area contributed by atoms with Crippen LogP contribution in [0.3, 0.4) is 0 Å². The molecule has 0 aliphatic carbocycles. The average molecular weight is 579 g/mol. The molecule has 0 saturated carbocycles. The normalized spacial score (nSPS) is 13.7. The minimum absolute atomic E-state index is 0.144. The van der Waals surface area contributed by atoms with E-state index in [0.717, 1.165) is 32.4 Å². The molecule has 1 aliphatic rings. The van der Waals surface area contributed by atoms with Gasteiger partial charge in [-0.3, -0.25) is 4.79 Å². The largest absolute Gasteiger partial charge is 0.459 e. The van der Waals surface area contributed by atoms with E-state index in [0.29, 0.717) is 12.2 Å². The van der Waals surface area contributed by atoms with Crippen molar-refractivity contribution in [3.05, 3.63) is 153 Å². The van der Waals surface area contributed by atoms with Crippen molar-refractivity contribution in [2.24, 2.45) is 0 Å². The van der Waals surface area contributed by atoms with Crippen LogP contribution in [0.4, 0.5) is 0 Å². The number of nitrogens with zero attached hydrogens (tertiary/aromatic N) is 2. The number of nitrogens with one attached hydrogen (secondary N) is 1. The number of halogens is 1. The highest BCUT2D eigenvalue weighted by Crippen LogP contribution is 2.52. The van der Waals surface area contributed by atoms with Crippen molar-refractivity contribution in [1.29, 1.82) is 5.26 Å². The Balaban J connectivity index is 1.86. The van der Waals surface area contributed by atoms with Crippen molar-refractivity contribution in [3.63, 3.8) is 0 Å². The van der Waals surface area contributed by atoms with Crippen LogP contribution in [0.25, 0.3) is 0 Å². The van der Waals surface area contributed by atoms with Gasteiger partial charge in [-0.25, -0.2) is 0 Å². The first-order valence-electron chi connectivity index (χ1n) is 12.7. The number of carbonyl (C=O) groups is 1. The van der Waals surface area contributed by atoms with Crippen LogP contribution >= 0.6 is 15.9 Å². The van der Waals surface area contributed by atoms with Crippen LogP contribution in [0, 0.1) is 11.3 Å². The van der Waals surface area contributed by atoms with Gasteiger partial charge in [-0.1, -0.05) is 97.1 Å². The molecule has 0 saturated heterocycles. The van der Waals surface area contributed by atoms with Crippen molar-refractivity contribution < 1.29 is 9.53 Å². The van der Waals surface area contributed by atoms with Crippen molar-refractivity contribution >= 4 is 21.9 Å². The summed E-state index contributed by atoms with van der Waals surface area (Å²) in [5.74, 6) is -0.333. The third-order valence-electron chi connectivity index (χ3n) is 7.16. The number of esters is 1. The van der Waals surface area contributed by atoms with E-state index in [-0.39, 0.29) is 18.6 Å². The van der Waals surface area contributed by atoms with Crippen LogP contribution in [0.1, 0.15) is 40.8 Å². The molecule has 0 amide bonds. The van der Waals surface area contributed by atoms with E-state index in [2.05, 4.69) is 105 Å². The zero-order valence-electron chi connectivity index (χ0n) is 21.6. The maximum atomic E-state index is 11.8. The fourth-order valence-electron chi connectivity index (χ4n) is 5.54. The maximum absolute atomic E-state index is 11.8. The standard InChI is InChI=1S/C33H28BrN3O2/c1-24(38)39-22-30-21-36-23-37(30)32(25-17-18-26(20-35)31(34)19-25)33(27-11-5-2-6-12-27,28-13-7-3-8-14-28)29-15-9-4-10-16-29/h2-19,21,32,36H,22-23H2,1H3. The van der Waals surface area contributed by atoms with Gasteiger partial charge >= 0.3 is 5.97 Å². The van der Waals surface area contributed by atoms with E-state index >= 15 is 0 Å². The molecule has 0 bridgehead atoms.